The third-order valence-electron chi connectivity index (χ3n) is 27.1. The van der Waals surface area contributed by atoms with Crippen molar-refractivity contribution in [2.75, 3.05) is 0 Å². The van der Waals surface area contributed by atoms with E-state index in [1.807, 2.05) is 60.7 Å². The van der Waals surface area contributed by atoms with Crippen LogP contribution in [0.25, 0.3) is 216 Å². The summed E-state index contributed by atoms with van der Waals surface area (Å²) < 4.78 is 11.7. The fourth-order valence-corrected chi connectivity index (χ4v) is 20.3. The van der Waals surface area contributed by atoms with Gasteiger partial charge < -0.3 is 22.8 Å². The van der Waals surface area contributed by atoms with Gasteiger partial charge in [0.05, 0.1) is 55.2 Å². The zero-order valence-electron chi connectivity index (χ0n) is 79.7. The van der Waals surface area contributed by atoms with Crippen molar-refractivity contribution in [3.05, 3.63) is 543 Å². The minimum Gasteiger partial charge on any atom is -0.309 e. The van der Waals surface area contributed by atoms with E-state index in [9.17, 15) is 0 Å². The molecule has 0 saturated heterocycles. The number of fused-ring (bicyclic) bond motifs is 15. The average molecular weight is 1820 g/mol. The fraction of sp³-hybridized carbons (Fsp3) is 0.0373. The summed E-state index contributed by atoms with van der Waals surface area (Å²) in [6.07, 6.45) is 0. The molecular weight excluding hydrogens is 1720 g/mol. The Labute approximate surface area is 826 Å². The number of benzene rings is 21. The van der Waals surface area contributed by atoms with E-state index in [2.05, 4.69) is 512 Å². The molecule has 27 rings (SSSR count). The van der Waals surface area contributed by atoms with Gasteiger partial charge in [-0.1, -0.05) is 386 Å². The number of aromatic nitrogens is 8. The number of aryl methyl sites for hydroxylation is 5. The second kappa shape index (κ2) is 38.7. The Morgan fingerprint density at radius 1 is 0.120 bits per heavy atom. The Bertz CT molecular complexity index is 9170. The lowest BCUT2D eigenvalue weighted by Crippen LogP contribution is -2.00. The second-order valence-electron chi connectivity index (χ2n) is 36.6. The van der Waals surface area contributed by atoms with Crippen LogP contribution < -0.4 is 0 Å². The average Bonchev–Trinajstić information content (AvgIpc) is 1.61. The van der Waals surface area contributed by atoms with Crippen molar-refractivity contribution in [1.82, 2.24) is 37.8 Å². The molecule has 8 heteroatoms. The highest BCUT2D eigenvalue weighted by Gasteiger charge is 2.22. The van der Waals surface area contributed by atoms with Crippen LogP contribution in [0.15, 0.2) is 516 Å². The summed E-state index contributed by atoms with van der Waals surface area (Å²) in [5, 5.41) is 12.8. The zero-order valence-corrected chi connectivity index (χ0v) is 79.7. The van der Waals surface area contributed by atoms with Crippen LogP contribution in [-0.2, 0) is 0 Å². The molecule has 0 aliphatic carbocycles. The Morgan fingerprint density at radius 2 is 0.317 bits per heavy atom. The van der Waals surface area contributed by atoms with Crippen molar-refractivity contribution in [3.8, 4) is 107 Å². The van der Waals surface area contributed by atoms with Gasteiger partial charge in [0.2, 0.25) is 0 Å². The molecule has 0 unspecified atom stereocenters. The first-order valence-corrected chi connectivity index (χ1v) is 48.6. The molecule has 0 radical (unpaired) electrons. The summed E-state index contributed by atoms with van der Waals surface area (Å²) in [4.78, 5) is 14.7. The molecule has 0 aliphatic rings. The highest BCUT2D eigenvalue weighted by molar-refractivity contribution is 6.15. The number of nitrogens with zero attached hydrogens (tertiary/aromatic N) is 8. The molecular formula is C134H100N8. The van der Waals surface area contributed by atoms with Crippen molar-refractivity contribution in [1.29, 1.82) is 0 Å². The Balaban J connectivity index is 0.000000100. The maximum Gasteiger partial charge on any atom is 0.164 e. The Hall–Kier alpha value is -18.4. The lowest BCUT2D eigenvalue weighted by atomic mass is 10.0. The highest BCUT2D eigenvalue weighted by atomic mass is 15.0. The Kier molecular flexibility index (Phi) is 23.9. The van der Waals surface area contributed by atoms with E-state index in [4.69, 9.17) is 15.0 Å². The summed E-state index contributed by atoms with van der Waals surface area (Å²) in [5.74, 6) is 1.99. The monoisotopic (exact) mass is 1820 g/mol. The maximum absolute atomic E-state index is 4.94. The molecule has 0 bridgehead atoms. The standard InChI is InChI=1S/C34H24N4.C31H23N.2C25H19N.C19H15N/c1-23-17-19-30-28(21-23)29-22-26(18-20-31(29)38(30)27-15-9-4-10-16-27)34-36-32(24-11-5-2-6-12-24)35-33(37-34)25-13-7-3-8-14-25;1-22-8-7-11-25(20-22)26-16-19-31-29(21-26)28-12-5-6-13-30(28)32(31)27-17-14-24(15-18-27)23-9-3-2-4-10-23;1-18-8-7-9-19(16-18)20-14-15-25-23(17-20)22-12-5-6-13-24(22)26(25)21-10-3-2-4-11-21;1-18-11-16-25-23(17-18)22-9-5-6-10-24(22)26(25)21-14-12-20(13-15-21)19-7-3-2-4-8-19;1-14-10-12-15(13-11-14)20-18-8-4-2-6-16(18)17-7-3-5-9-19(17)20/h2-22H,1H3;2-21H,1H3;2*2-17H,1H3;2-13H,1H3. The molecule has 0 aliphatic heterocycles. The van der Waals surface area contributed by atoms with Crippen molar-refractivity contribution in [2.45, 2.75) is 34.6 Å². The molecule has 0 atom stereocenters. The van der Waals surface area contributed by atoms with Gasteiger partial charge in [-0.05, 0) is 237 Å². The van der Waals surface area contributed by atoms with Crippen molar-refractivity contribution in [3.63, 3.8) is 0 Å². The van der Waals surface area contributed by atoms with Crippen molar-refractivity contribution >= 4 is 109 Å². The molecule has 0 amide bonds. The van der Waals surface area contributed by atoms with Crippen molar-refractivity contribution in [2.24, 2.45) is 0 Å². The number of hydrogen-bond acceptors (Lipinski definition) is 3. The largest absolute Gasteiger partial charge is 0.309 e. The summed E-state index contributed by atoms with van der Waals surface area (Å²) in [6.45, 7) is 10.7. The SMILES string of the molecule is Cc1ccc(-n2c3ccccc3c3ccccc32)cc1.Cc1ccc2c(c1)c1cc(-c3nc(-c4ccccc4)nc(-c4ccccc4)n3)ccc1n2-c1ccccc1.Cc1ccc2c(c1)c1ccccc1n2-c1ccc(-c2ccccc2)cc1.Cc1cccc(-c2ccc3c(c2)c2ccccc2n3-c2ccc(-c3ccccc3)cc2)c1.Cc1cccc(-c2ccc3c(c2)c2ccccc2n3-c2ccccc2)c1. The summed E-state index contributed by atoms with van der Waals surface area (Å²) >= 11 is 0. The lowest BCUT2D eigenvalue weighted by molar-refractivity contribution is 1.07. The van der Waals surface area contributed by atoms with Crippen LogP contribution in [-0.4, -0.2) is 37.8 Å². The summed E-state index contributed by atoms with van der Waals surface area (Å²) in [7, 11) is 0. The molecule has 0 fully saturated rings. The van der Waals surface area contributed by atoms with Crippen LogP contribution in [0.2, 0.25) is 0 Å². The molecule has 0 saturated carbocycles. The smallest absolute Gasteiger partial charge is 0.164 e. The quantitative estimate of drug-likeness (QED) is 0.122. The van der Waals surface area contributed by atoms with Gasteiger partial charge in [0.15, 0.2) is 17.5 Å². The molecule has 0 spiro atoms. The summed E-state index contributed by atoms with van der Waals surface area (Å²) in [5.41, 5.74) is 37.5. The minimum atomic E-state index is 0.660. The molecule has 21 aromatic carbocycles. The van der Waals surface area contributed by atoms with Crippen molar-refractivity contribution < 1.29 is 0 Å². The van der Waals surface area contributed by atoms with Crippen LogP contribution in [0, 0.1) is 34.6 Å². The zero-order chi connectivity index (χ0) is 95.5. The first kappa shape index (κ1) is 87.7. The number of rotatable bonds is 12. The lowest BCUT2D eigenvalue weighted by Gasteiger charge is -2.10. The number of para-hydroxylation sites is 7. The van der Waals surface area contributed by atoms with E-state index in [-0.39, 0.29) is 0 Å². The molecule has 676 valence electrons. The van der Waals surface area contributed by atoms with Crippen LogP contribution in [0.5, 0.6) is 0 Å². The van der Waals surface area contributed by atoms with E-state index >= 15 is 0 Å². The third-order valence-corrected chi connectivity index (χ3v) is 27.1. The maximum atomic E-state index is 4.94. The van der Waals surface area contributed by atoms with Gasteiger partial charge in [0.1, 0.15) is 0 Å². The molecule has 142 heavy (non-hydrogen) atoms. The van der Waals surface area contributed by atoms with Crippen LogP contribution >= 0.6 is 0 Å². The molecule has 6 heterocycles. The first-order valence-electron chi connectivity index (χ1n) is 48.6. The fourth-order valence-electron chi connectivity index (χ4n) is 20.3. The predicted molar refractivity (Wildman–Crippen MR) is 599 cm³/mol. The van der Waals surface area contributed by atoms with Gasteiger partial charge in [0.25, 0.3) is 0 Å². The minimum absolute atomic E-state index is 0.660. The van der Waals surface area contributed by atoms with Gasteiger partial charge in [-0.15, -0.1) is 0 Å². The second-order valence-corrected chi connectivity index (χ2v) is 36.6. The van der Waals surface area contributed by atoms with E-state index in [1.54, 1.807) is 0 Å². The first-order chi connectivity index (χ1) is 70.0. The van der Waals surface area contributed by atoms with Gasteiger partial charge in [-0.2, -0.15) is 0 Å². The molecule has 6 aromatic heterocycles. The highest BCUT2D eigenvalue weighted by Crippen LogP contribution is 2.42. The molecule has 8 nitrogen and oxygen atoms in total. The van der Waals surface area contributed by atoms with Crippen LogP contribution in [0.3, 0.4) is 0 Å². The number of hydrogen-bond donors (Lipinski definition) is 0. The van der Waals surface area contributed by atoms with Crippen LogP contribution in [0.1, 0.15) is 27.8 Å². The van der Waals surface area contributed by atoms with Crippen LogP contribution in [0.4, 0.5) is 0 Å². The summed E-state index contributed by atoms with van der Waals surface area (Å²) in [6, 6.07) is 183. The topological polar surface area (TPSA) is 63.3 Å². The third kappa shape index (κ3) is 17.3. The van der Waals surface area contributed by atoms with E-state index < -0.39 is 0 Å². The van der Waals surface area contributed by atoms with E-state index in [1.165, 1.54) is 199 Å². The normalized spacial score (nSPS) is 11.3. The Morgan fingerprint density at radius 3 is 0.655 bits per heavy atom. The van der Waals surface area contributed by atoms with Gasteiger partial charge in [-0.25, -0.2) is 15.0 Å². The van der Waals surface area contributed by atoms with E-state index in [0.717, 1.165) is 27.9 Å². The van der Waals surface area contributed by atoms with Gasteiger partial charge in [-0.3, -0.25) is 0 Å². The van der Waals surface area contributed by atoms with Gasteiger partial charge >= 0.3 is 0 Å². The molecule has 27 aromatic rings. The predicted octanol–water partition coefficient (Wildman–Crippen LogP) is 35.3. The molecule has 0 N–H and O–H groups in total. The van der Waals surface area contributed by atoms with E-state index in [0.29, 0.717) is 17.5 Å². The van der Waals surface area contributed by atoms with Gasteiger partial charge in [0, 0.05) is 99.0 Å².